The quantitative estimate of drug-likeness (QED) is 0.446. The van der Waals surface area contributed by atoms with Crippen LogP contribution in [-0.4, -0.2) is 45.9 Å². The lowest BCUT2D eigenvalue weighted by molar-refractivity contribution is -0.182. The average molecular weight is 480 g/mol. The summed E-state index contributed by atoms with van der Waals surface area (Å²) in [6, 6.07) is 9.59. The fourth-order valence-corrected chi connectivity index (χ4v) is 6.09. The third-order valence-electron chi connectivity index (χ3n) is 8.04. The van der Waals surface area contributed by atoms with Gasteiger partial charge in [-0.15, -0.1) is 0 Å². The third kappa shape index (κ3) is 5.00. The van der Waals surface area contributed by atoms with Gasteiger partial charge in [-0.25, -0.2) is 4.79 Å². The average Bonchev–Trinajstić information content (AvgIpc) is 3.09. The number of benzene rings is 1. The lowest BCUT2D eigenvalue weighted by Gasteiger charge is -2.49. The molecule has 0 unspecified atom stereocenters. The van der Waals surface area contributed by atoms with Gasteiger partial charge in [-0.3, -0.25) is 4.79 Å². The predicted molar refractivity (Wildman–Crippen MR) is 134 cm³/mol. The van der Waals surface area contributed by atoms with E-state index in [4.69, 9.17) is 4.74 Å². The third-order valence-corrected chi connectivity index (χ3v) is 8.04. The zero-order chi connectivity index (χ0) is 25.2. The Morgan fingerprint density at radius 1 is 1.11 bits per heavy atom. The number of ether oxygens (including phenoxy) is 1. The first-order chi connectivity index (χ1) is 16.7. The van der Waals surface area contributed by atoms with Gasteiger partial charge in [0.05, 0.1) is 18.1 Å². The van der Waals surface area contributed by atoms with Gasteiger partial charge in [0.1, 0.15) is 0 Å². The SMILES string of the molecule is C=C1[C@@H](C)[C@H]2[C@H](Cc3ccccc3)NC(=O)[C@]23OC(=O)/C=C/[C@H](O)CCC[C@@H](C)C/C=C\[C@H]3[C@@H]1O. The second kappa shape index (κ2) is 10.5. The highest BCUT2D eigenvalue weighted by Gasteiger charge is 2.67. The van der Waals surface area contributed by atoms with Gasteiger partial charge in [0.15, 0.2) is 0 Å². The number of amides is 1. The molecule has 3 N–H and O–H groups in total. The summed E-state index contributed by atoms with van der Waals surface area (Å²) in [5.41, 5.74) is 0.136. The van der Waals surface area contributed by atoms with Crippen LogP contribution in [-0.2, 0) is 20.7 Å². The molecule has 2 aliphatic heterocycles. The highest BCUT2D eigenvalue weighted by Crippen LogP contribution is 2.52. The van der Waals surface area contributed by atoms with Crippen LogP contribution in [0.4, 0.5) is 0 Å². The Kier molecular flexibility index (Phi) is 7.62. The molecule has 188 valence electrons. The molecule has 1 aromatic rings. The normalized spacial score (nSPS) is 40.0. The van der Waals surface area contributed by atoms with E-state index >= 15 is 0 Å². The molecule has 1 saturated carbocycles. The van der Waals surface area contributed by atoms with Crippen molar-refractivity contribution in [1.82, 2.24) is 5.32 Å². The molecule has 35 heavy (non-hydrogen) atoms. The minimum atomic E-state index is -1.57. The maximum absolute atomic E-state index is 13.7. The van der Waals surface area contributed by atoms with Gasteiger partial charge < -0.3 is 20.3 Å². The molecule has 0 bridgehead atoms. The topological polar surface area (TPSA) is 95.9 Å². The van der Waals surface area contributed by atoms with Crippen molar-refractivity contribution < 1.29 is 24.5 Å². The Labute approximate surface area is 207 Å². The first-order valence-electron chi connectivity index (χ1n) is 12.7. The standard InChI is InChI=1S/C29H37NO5/c1-18-9-7-13-22(31)15-16-25(32)35-29-23(14-8-10-18)27(33)20(3)19(2)26(29)24(30-28(29)34)17-21-11-5-4-6-12-21/h4-6,8,11-12,14-16,18-19,22-24,26-27,31,33H,3,7,9-10,13,17H2,1-2H3,(H,30,34)/b14-8-,16-15+/t18-,19-,22-,23+,24+,26+,27-,29-/m1/s1. The second-order valence-electron chi connectivity index (χ2n) is 10.5. The summed E-state index contributed by atoms with van der Waals surface area (Å²) in [4.78, 5) is 26.8. The van der Waals surface area contributed by atoms with Gasteiger partial charge in [-0.1, -0.05) is 75.8 Å². The maximum Gasteiger partial charge on any atom is 0.331 e. The monoisotopic (exact) mass is 479 g/mol. The summed E-state index contributed by atoms with van der Waals surface area (Å²) in [5.74, 6) is -2.13. The van der Waals surface area contributed by atoms with E-state index in [2.05, 4.69) is 18.8 Å². The van der Waals surface area contributed by atoms with Gasteiger partial charge in [-0.2, -0.15) is 0 Å². The van der Waals surface area contributed by atoms with E-state index in [9.17, 15) is 19.8 Å². The van der Waals surface area contributed by atoms with E-state index in [1.807, 2.05) is 49.4 Å². The van der Waals surface area contributed by atoms with E-state index in [0.29, 0.717) is 24.3 Å². The minimum absolute atomic E-state index is 0.262. The Morgan fingerprint density at radius 3 is 2.60 bits per heavy atom. The smallest absolute Gasteiger partial charge is 0.331 e. The van der Waals surface area contributed by atoms with Crippen LogP contribution in [0.5, 0.6) is 0 Å². The summed E-state index contributed by atoms with van der Waals surface area (Å²) in [6.07, 6.45) is 8.39. The van der Waals surface area contributed by atoms with Gasteiger partial charge in [0.25, 0.3) is 5.91 Å². The highest BCUT2D eigenvalue weighted by atomic mass is 16.6. The number of allylic oxidation sites excluding steroid dienone is 1. The molecule has 0 aromatic heterocycles. The molecular formula is C29H37NO5. The maximum atomic E-state index is 13.7. The van der Waals surface area contributed by atoms with Crippen LogP contribution in [0, 0.1) is 23.7 Å². The lowest BCUT2D eigenvalue weighted by atomic mass is 9.59. The number of aliphatic hydroxyl groups excluding tert-OH is 2. The molecule has 4 rings (SSSR count). The number of hydrogen-bond donors (Lipinski definition) is 3. The number of nitrogens with one attached hydrogen (secondary N) is 1. The summed E-state index contributed by atoms with van der Waals surface area (Å²) in [7, 11) is 0. The molecule has 2 heterocycles. The van der Waals surface area contributed by atoms with Crippen LogP contribution in [0.15, 0.2) is 66.8 Å². The Morgan fingerprint density at radius 2 is 1.86 bits per heavy atom. The van der Waals surface area contributed by atoms with Gasteiger partial charge in [-0.05, 0) is 48.3 Å². The van der Waals surface area contributed by atoms with E-state index < -0.39 is 35.6 Å². The lowest BCUT2D eigenvalue weighted by Crippen LogP contribution is -2.61. The number of hydrogen-bond acceptors (Lipinski definition) is 5. The molecule has 2 fully saturated rings. The van der Waals surface area contributed by atoms with Crippen LogP contribution in [0.25, 0.3) is 0 Å². The highest BCUT2D eigenvalue weighted by molar-refractivity contribution is 5.94. The molecule has 1 spiro atoms. The van der Waals surface area contributed by atoms with Crippen molar-refractivity contribution in [2.45, 2.75) is 69.8 Å². The molecule has 8 atom stereocenters. The van der Waals surface area contributed by atoms with Crippen molar-refractivity contribution in [2.24, 2.45) is 23.7 Å². The van der Waals surface area contributed by atoms with Crippen LogP contribution in [0.3, 0.4) is 0 Å². The molecule has 1 aromatic carbocycles. The zero-order valence-corrected chi connectivity index (χ0v) is 20.6. The molecule has 1 aliphatic carbocycles. The molecule has 0 radical (unpaired) electrons. The fraction of sp³-hybridized carbons (Fsp3) is 0.517. The number of rotatable bonds is 2. The first-order valence-corrected chi connectivity index (χ1v) is 12.7. The minimum Gasteiger partial charge on any atom is -0.445 e. The van der Waals surface area contributed by atoms with E-state index in [-0.39, 0.29) is 17.9 Å². The van der Waals surface area contributed by atoms with Crippen LogP contribution in [0.2, 0.25) is 0 Å². The van der Waals surface area contributed by atoms with Crippen LogP contribution < -0.4 is 5.32 Å². The largest absolute Gasteiger partial charge is 0.445 e. The van der Waals surface area contributed by atoms with Crippen molar-refractivity contribution >= 4 is 11.9 Å². The van der Waals surface area contributed by atoms with Gasteiger partial charge in [0.2, 0.25) is 5.60 Å². The molecule has 1 saturated heterocycles. The first kappa shape index (κ1) is 25.4. The summed E-state index contributed by atoms with van der Waals surface area (Å²) >= 11 is 0. The van der Waals surface area contributed by atoms with Crippen molar-refractivity contribution in [3.63, 3.8) is 0 Å². The van der Waals surface area contributed by atoms with Crippen molar-refractivity contribution in [1.29, 1.82) is 0 Å². The van der Waals surface area contributed by atoms with Crippen LogP contribution >= 0.6 is 0 Å². The second-order valence-corrected chi connectivity index (χ2v) is 10.5. The number of aliphatic hydroxyl groups is 2. The van der Waals surface area contributed by atoms with Crippen LogP contribution in [0.1, 0.15) is 45.1 Å². The van der Waals surface area contributed by atoms with Gasteiger partial charge >= 0.3 is 5.97 Å². The van der Waals surface area contributed by atoms with E-state index in [1.54, 1.807) is 0 Å². The van der Waals surface area contributed by atoms with E-state index in [0.717, 1.165) is 24.8 Å². The molecular weight excluding hydrogens is 442 g/mol. The Hall–Kier alpha value is -2.70. The predicted octanol–water partition coefficient (Wildman–Crippen LogP) is 3.49. The van der Waals surface area contributed by atoms with Crippen molar-refractivity contribution in [3.8, 4) is 0 Å². The molecule has 1 amide bonds. The number of carbonyl (C=O) groups excluding carboxylic acids is 2. The van der Waals surface area contributed by atoms with E-state index in [1.165, 1.54) is 12.2 Å². The summed E-state index contributed by atoms with van der Waals surface area (Å²) < 4.78 is 6.05. The molecule has 6 nitrogen and oxygen atoms in total. The molecule has 6 heteroatoms. The zero-order valence-electron chi connectivity index (χ0n) is 20.6. The summed E-state index contributed by atoms with van der Waals surface area (Å²) in [5, 5.41) is 24.7. The van der Waals surface area contributed by atoms with Crippen molar-refractivity contribution in [3.05, 3.63) is 72.4 Å². The Balaban J connectivity index is 1.78. The molecule has 3 aliphatic rings. The summed E-state index contributed by atoms with van der Waals surface area (Å²) in [6.45, 7) is 8.27. The van der Waals surface area contributed by atoms with Crippen molar-refractivity contribution in [2.75, 3.05) is 0 Å². The Bertz CT molecular complexity index is 1000. The number of esters is 1. The fourth-order valence-electron chi connectivity index (χ4n) is 6.09. The number of carbonyl (C=O) groups is 2. The van der Waals surface area contributed by atoms with Gasteiger partial charge in [0, 0.05) is 18.0 Å².